The molecule has 0 saturated heterocycles. The van der Waals surface area contributed by atoms with E-state index in [1.54, 1.807) is 12.1 Å². The number of rotatable bonds is 6. The zero-order chi connectivity index (χ0) is 21.7. The molecule has 0 spiro atoms. The monoisotopic (exact) mass is 413 g/mol. The molecule has 0 heterocycles. The summed E-state index contributed by atoms with van der Waals surface area (Å²) in [5.74, 6) is -6.12. The van der Waals surface area contributed by atoms with Gasteiger partial charge in [0.1, 0.15) is 0 Å². The van der Waals surface area contributed by atoms with Gasteiger partial charge in [0.05, 0.1) is 12.1 Å². The number of benzene rings is 3. The van der Waals surface area contributed by atoms with Gasteiger partial charge in [-0.2, -0.15) is 0 Å². The Morgan fingerprint density at radius 1 is 0.867 bits per heavy atom. The van der Waals surface area contributed by atoms with Crippen LogP contribution in [0.3, 0.4) is 0 Å². The summed E-state index contributed by atoms with van der Waals surface area (Å²) in [5, 5.41) is 2.08. The number of hydrogen-bond acceptors (Lipinski definition) is 3. The number of carbonyl (C=O) groups is 2. The highest BCUT2D eigenvalue weighted by atomic mass is 19.2. The van der Waals surface area contributed by atoms with Crippen molar-refractivity contribution in [3.8, 4) is 11.1 Å². The Morgan fingerprint density at radius 2 is 1.50 bits per heavy atom. The van der Waals surface area contributed by atoms with Crippen LogP contribution in [0.15, 0.2) is 66.7 Å². The Morgan fingerprint density at radius 3 is 2.17 bits per heavy atom. The Balaban J connectivity index is 1.56. The maximum Gasteiger partial charge on any atom is 0.311 e. The van der Waals surface area contributed by atoms with E-state index in [-0.39, 0.29) is 6.42 Å². The van der Waals surface area contributed by atoms with E-state index in [4.69, 9.17) is 4.74 Å². The molecule has 0 aromatic heterocycles. The van der Waals surface area contributed by atoms with E-state index in [1.807, 2.05) is 42.5 Å². The van der Waals surface area contributed by atoms with E-state index in [9.17, 15) is 22.8 Å². The third-order valence-electron chi connectivity index (χ3n) is 4.38. The number of carbonyl (C=O) groups excluding carboxylic acids is 2. The van der Waals surface area contributed by atoms with Crippen molar-refractivity contribution in [2.45, 2.75) is 19.4 Å². The minimum atomic E-state index is -1.70. The van der Waals surface area contributed by atoms with Gasteiger partial charge in [-0.05, 0) is 35.7 Å². The van der Waals surface area contributed by atoms with Crippen molar-refractivity contribution in [2.75, 3.05) is 5.32 Å². The average Bonchev–Trinajstić information content (AvgIpc) is 2.75. The molecule has 0 bridgehead atoms. The molecule has 1 unspecified atom stereocenters. The summed E-state index contributed by atoms with van der Waals surface area (Å²) in [5.41, 5.74) is 2.19. The van der Waals surface area contributed by atoms with Gasteiger partial charge >= 0.3 is 5.97 Å². The van der Waals surface area contributed by atoms with Crippen LogP contribution >= 0.6 is 0 Å². The van der Waals surface area contributed by atoms with E-state index >= 15 is 0 Å². The predicted molar refractivity (Wildman–Crippen MR) is 106 cm³/mol. The maximum absolute atomic E-state index is 13.7. The number of halogens is 3. The first kappa shape index (κ1) is 21.1. The molecule has 3 aromatic rings. The molecule has 1 amide bonds. The van der Waals surface area contributed by atoms with Crippen molar-refractivity contribution in [2.24, 2.45) is 0 Å². The zero-order valence-corrected chi connectivity index (χ0v) is 16.0. The molecule has 0 aliphatic heterocycles. The summed E-state index contributed by atoms with van der Waals surface area (Å²) in [6.07, 6.45) is -1.32. The molecule has 1 N–H and O–H groups in total. The summed E-state index contributed by atoms with van der Waals surface area (Å²) in [7, 11) is 0. The Kier molecular flexibility index (Phi) is 6.51. The number of anilines is 1. The van der Waals surface area contributed by atoms with Crippen LogP contribution in [-0.2, 0) is 20.7 Å². The summed E-state index contributed by atoms with van der Waals surface area (Å²) in [6, 6.07) is 18.6. The number of nitrogens with one attached hydrogen (secondary N) is 1. The quantitative estimate of drug-likeness (QED) is 0.463. The van der Waals surface area contributed by atoms with Gasteiger partial charge in [-0.15, -0.1) is 0 Å². The molecular weight excluding hydrogens is 395 g/mol. The van der Waals surface area contributed by atoms with Crippen LogP contribution in [0.2, 0.25) is 0 Å². The third kappa shape index (κ3) is 5.05. The first-order chi connectivity index (χ1) is 14.3. The highest BCUT2D eigenvalue weighted by Crippen LogP contribution is 2.21. The lowest BCUT2D eigenvalue weighted by atomic mass is 10.0. The van der Waals surface area contributed by atoms with Crippen LogP contribution in [0.25, 0.3) is 11.1 Å². The molecule has 3 rings (SSSR count). The summed E-state index contributed by atoms with van der Waals surface area (Å²) < 4.78 is 44.9. The Labute approximate surface area is 171 Å². The Hall–Kier alpha value is -3.61. The van der Waals surface area contributed by atoms with E-state index in [0.29, 0.717) is 11.6 Å². The van der Waals surface area contributed by atoms with Gasteiger partial charge in [0.2, 0.25) is 0 Å². The second-order valence-electron chi connectivity index (χ2n) is 6.58. The van der Waals surface area contributed by atoms with Gasteiger partial charge in [-0.1, -0.05) is 54.6 Å². The third-order valence-corrected chi connectivity index (χ3v) is 4.38. The lowest BCUT2D eigenvalue weighted by molar-refractivity contribution is -0.152. The highest BCUT2D eigenvalue weighted by molar-refractivity contribution is 5.95. The normalized spacial score (nSPS) is 11.6. The van der Waals surface area contributed by atoms with E-state index in [2.05, 4.69) is 5.32 Å². The molecule has 0 saturated carbocycles. The lowest BCUT2D eigenvalue weighted by Crippen LogP contribution is -2.31. The van der Waals surface area contributed by atoms with Crippen molar-refractivity contribution in [1.29, 1.82) is 0 Å². The number of amides is 1. The average molecular weight is 413 g/mol. The summed E-state index contributed by atoms with van der Waals surface area (Å²) in [4.78, 5) is 24.2. The molecule has 0 fully saturated rings. The van der Waals surface area contributed by atoms with Crippen LogP contribution < -0.4 is 5.32 Å². The predicted octanol–water partition coefficient (Wildman–Crippen LogP) is 4.88. The van der Waals surface area contributed by atoms with Gasteiger partial charge in [0, 0.05) is 0 Å². The highest BCUT2D eigenvalue weighted by Gasteiger charge is 2.21. The molecule has 0 aliphatic carbocycles. The SMILES string of the molecule is CC(OC(=O)Cc1ccc(-c2ccccc2)cc1)C(=O)Nc1ccc(F)c(F)c1F. The smallest absolute Gasteiger partial charge is 0.311 e. The van der Waals surface area contributed by atoms with E-state index in [1.165, 1.54) is 6.92 Å². The molecule has 0 aliphatic rings. The first-order valence-electron chi connectivity index (χ1n) is 9.13. The van der Waals surface area contributed by atoms with Gasteiger partial charge < -0.3 is 10.1 Å². The van der Waals surface area contributed by atoms with Gasteiger partial charge in [-0.25, -0.2) is 13.2 Å². The van der Waals surface area contributed by atoms with Crippen molar-refractivity contribution in [1.82, 2.24) is 0 Å². The van der Waals surface area contributed by atoms with Crippen molar-refractivity contribution in [3.63, 3.8) is 0 Å². The minimum Gasteiger partial charge on any atom is -0.452 e. The van der Waals surface area contributed by atoms with Gasteiger partial charge in [0.25, 0.3) is 5.91 Å². The minimum absolute atomic E-state index is 0.0633. The van der Waals surface area contributed by atoms with Crippen molar-refractivity contribution < 1.29 is 27.5 Å². The molecular formula is C23H18F3NO3. The van der Waals surface area contributed by atoms with Gasteiger partial charge in [-0.3, -0.25) is 9.59 Å². The first-order valence-corrected chi connectivity index (χ1v) is 9.13. The fraction of sp³-hybridized carbons (Fsp3) is 0.130. The summed E-state index contributed by atoms with van der Waals surface area (Å²) in [6.45, 7) is 1.30. The van der Waals surface area contributed by atoms with Crippen LogP contribution in [0, 0.1) is 17.5 Å². The molecule has 7 heteroatoms. The van der Waals surface area contributed by atoms with Crippen LogP contribution in [0.4, 0.5) is 18.9 Å². The van der Waals surface area contributed by atoms with Crippen LogP contribution in [0.5, 0.6) is 0 Å². The molecule has 4 nitrogen and oxygen atoms in total. The maximum atomic E-state index is 13.7. The molecule has 30 heavy (non-hydrogen) atoms. The second-order valence-corrected chi connectivity index (χ2v) is 6.58. The van der Waals surface area contributed by atoms with E-state index in [0.717, 1.165) is 17.2 Å². The standard InChI is InChI=1S/C23H18F3NO3/c1-14(23(29)27-19-12-11-18(24)21(25)22(19)26)30-20(28)13-15-7-9-17(10-8-15)16-5-3-2-4-6-16/h2-12,14H,13H2,1H3,(H,27,29). The van der Waals surface area contributed by atoms with Crippen LogP contribution in [-0.4, -0.2) is 18.0 Å². The zero-order valence-electron chi connectivity index (χ0n) is 16.0. The van der Waals surface area contributed by atoms with E-state index < -0.39 is 41.1 Å². The fourth-order valence-electron chi connectivity index (χ4n) is 2.76. The van der Waals surface area contributed by atoms with Crippen molar-refractivity contribution >= 4 is 17.6 Å². The number of esters is 1. The second kappa shape index (κ2) is 9.26. The number of ether oxygens (including phenoxy) is 1. The Bertz CT molecular complexity index is 1050. The number of hydrogen-bond donors (Lipinski definition) is 1. The molecule has 154 valence electrons. The fourth-order valence-corrected chi connectivity index (χ4v) is 2.76. The van der Waals surface area contributed by atoms with Crippen molar-refractivity contribution in [3.05, 3.63) is 89.7 Å². The van der Waals surface area contributed by atoms with Crippen LogP contribution in [0.1, 0.15) is 12.5 Å². The lowest BCUT2D eigenvalue weighted by Gasteiger charge is -2.14. The molecule has 0 radical (unpaired) electrons. The molecule has 1 atom stereocenters. The largest absolute Gasteiger partial charge is 0.452 e. The topological polar surface area (TPSA) is 55.4 Å². The molecule has 3 aromatic carbocycles. The summed E-state index contributed by atoms with van der Waals surface area (Å²) >= 11 is 0. The van der Waals surface area contributed by atoms with Gasteiger partial charge in [0.15, 0.2) is 23.6 Å².